The van der Waals surface area contributed by atoms with E-state index in [1.54, 1.807) is 11.6 Å². The molecule has 2 aliphatic rings. The number of carbonyl (C=O) groups is 2. The van der Waals surface area contributed by atoms with E-state index in [0.29, 0.717) is 23.2 Å². The van der Waals surface area contributed by atoms with Gasteiger partial charge in [0.2, 0.25) is 0 Å². The molecule has 1 saturated carbocycles. The first-order chi connectivity index (χ1) is 14.1. The van der Waals surface area contributed by atoms with Crippen LogP contribution in [0, 0.1) is 19.8 Å². The number of carbonyl (C=O) groups excluding carboxylic acids is 2. The third-order valence-corrected chi connectivity index (χ3v) is 6.39. The summed E-state index contributed by atoms with van der Waals surface area (Å²) in [6.07, 6.45) is 7.00. The molecule has 1 saturated heterocycles. The topological polar surface area (TPSA) is 64.4 Å². The van der Waals surface area contributed by atoms with Crippen LogP contribution in [0.5, 0.6) is 0 Å². The number of aryl methyl sites for hydroxylation is 1. The quantitative estimate of drug-likeness (QED) is 0.738. The van der Waals surface area contributed by atoms with Gasteiger partial charge >= 0.3 is 5.97 Å². The van der Waals surface area contributed by atoms with Crippen LogP contribution in [0.4, 0.5) is 0 Å². The molecule has 0 N–H and O–H groups in total. The highest BCUT2D eigenvalue weighted by Gasteiger charge is 2.36. The third kappa shape index (κ3) is 3.93. The fourth-order valence-electron chi connectivity index (χ4n) is 4.98. The standard InChI is InChI=1S/C23H29N3O3/c1-16-22(17(2)26(24-16)19-11-4-3-5-12-19)23(28)29-15-21(27)25-14-8-10-18-9-6-7-13-20(18)25/h3-5,11-12,18,20H,6-10,13-15H2,1-2H3/t18-,20+/m1/s1. The number of amides is 1. The lowest BCUT2D eigenvalue weighted by molar-refractivity contribution is -0.140. The number of hydrogen-bond acceptors (Lipinski definition) is 4. The van der Waals surface area contributed by atoms with Crippen LogP contribution in [0.3, 0.4) is 0 Å². The number of aromatic nitrogens is 2. The number of benzene rings is 1. The Morgan fingerprint density at radius 2 is 1.79 bits per heavy atom. The first-order valence-corrected chi connectivity index (χ1v) is 10.6. The molecule has 2 heterocycles. The largest absolute Gasteiger partial charge is 0.452 e. The zero-order valence-electron chi connectivity index (χ0n) is 17.3. The summed E-state index contributed by atoms with van der Waals surface area (Å²) in [6.45, 7) is 4.23. The van der Waals surface area contributed by atoms with Crippen LogP contribution in [0.2, 0.25) is 0 Å². The molecule has 154 valence electrons. The molecular formula is C23H29N3O3. The third-order valence-electron chi connectivity index (χ3n) is 6.39. The predicted octanol–water partition coefficient (Wildman–Crippen LogP) is 3.83. The van der Waals surface area contributed by atoms with E-state index in [0.717, 1.165) is 30.8 Å². The molecule has 2 aromatic rings. The molecule has 6 heteroatoms. The van der Waals surface area contributed by atoms with E-state index in [-0.39, 0.29) is 12.5 Å². The fourth-order valence-corrected chi connectivity index (χ4v) is 4.98. The van der Waals surface area contributed by atoms with Crippen molar-refractivity contribution in [2.45, 2.75) is 58.4 Å². The second-order valence-corrected chi connectivity index (χ2v) is 8.21. The van der Waals surface area contributed by atoms with E-state index >= 15 is 0 Å². The van der Waals surface area contributed by atoms with E-state index in [4.69, 9.17) is 4.74 Å². The fraction of sp³-hybridized carbons (Fsp3) is 0.522. The Balaban J connectivity index is 1.43. The molecule has 0 bridgehead atoms. The summed E-state index contributed by atoms with van der Waals surface area (Å²) in [5, 5.41) is 4.49. The minimum Gasteiger partial charge on any atom is -0.452 e. The van der Waals surface area contributed by atoms with Crippen LogP contribution in [0.25, 0.3) is 5.69 Å². The lowest BCUT2D eigenvalue weighted by atomic mass is 9.78. The van der Waals surface area contributed by atoms with Gasteiger partial charge in [-0.25, -0.2) is 9.48 Å². The highest BCUT2D eigenvalue weighted by atomic mass is 16.5. The zero-order chi connectivity index (χ0) is 20.4. The number of piperidine rings is 1. The number of nitrogens with zero attached hydrogens (tertiary/aromatic N) is 3. The Hall–Kier alpha value is -2.63. The second-order valence-electron chi connectivity index (χ2n) is 8.21. The number of esters is 1. The maximum absolute atomic E-state index is 12.8. The van der Waals surface area contributed by atoms with Gasteiger partial charge in [0.25, 0.3) is 5.91 Å². The molecule has 2 atom stereocenters. The van der Waals surface area contributed by atoms with Gasteiger partial charge in [0, 0.05) is 12.6 Å². The Morgan fingerprint density at radius 3 is 2.59 bits per heavy atom. The van der Waals surface area contributed by atoms with Gasteiger partial charge in [-0.3, -0.25) is 4.79 Å². The molecule has 29 heavy (non-hydrogen) atoms. The van der Waals surface area contributed by atoms with Crippen molar-refractivity contribution in [3.8, 4) is 5.69 Å². The van der Waals surface area contributed by atoms with Gasteiger partial charge in [-0.2, -0.15) is 5.10 Å². The molecule has 1 amide bonds. The van der Waals surface area contributed by atoms with Crippen LogP contribution < -0.4 is 0 Å². The van der Waals surface area contributed by atoms with Crippen molar-refractivity contribution in [3.63, 3.8) is 0 Å². The minimum absolute atomic E-state index is 0.0688. The number of para-hydroxylation sites is 1. The Labute approximate surface area is 171 Å². The predicted molar refractivity (Wildman–Crippen MR) is 110 cm³/mol. The van der Waals surface area contributed by atoms with Gasteiger partial charge in [0.1, 0.15) is 5.56 Å². The Kier molecular flexibility index (Phi) is 5.69. The van der Waals surface area contributed by atoms with E-state index < -0.39 is 5.97 Å². The number of rotatable bonds is 4. The lowest BCUT2D eigenvalue weighted by Crippen LogP contribution is -2.50. The van der Waals surface area contributed by atoms with E-state index in [1.807, 2.05) is 42.2 Å². The molecule has 1 aliphatic carbocycles. The maximum atomic E-state index is 12.8. The average molecular weight is 396 g/mol. The van der Waals surface area contributed by atoms with Crippen molar-refractivity contribution in [1.82, 2.24) is 14.7 Å². The van der Waals surface area contributed by atoms with Gasteiger partial charge in [-0.1, -0.05) is 31.0 Å². The number of likely N-dealkylation sites (tertiary alicyclic amines) is 1. The molecule has 0 unspecified atom stereocenters. The highest BCUT2D eigenvalue weighted by molar-refractivity contribution is 5.93. The van der Waals surface area contributed by atoms with Crippen LogP contribution >= 0.6 is 0 Å². The monoisotopic (exact) mass is 395 g/mol. The smallest absolute Gasteiger partial charge is 0.342 e. The SMILES string of the molecule is Cc1nn(-c2ccccc2)c(C)c1C(=O)OCC(=O)N1CCC[C@H]2CCCC[C@@H]21. The minimum atomic E-state index is -0.479. The molecular weight excluding hydrogens is 366 g/mol. The second kappa shape index (κ2) is 8.39. The van der Waals surface area contributed by atoms with E-state index in [2.05, 4.69) is 5.10 Å². The number of fused-ring (bicyclic) bond motifs is 1. The Morgan fingerprint density at radius 1 is 1.07 bits per heavy atom. The number of hydrogen-bond donors (Lipinski definition) is 0. The van der Waals surface area contributed by atoms with Crippen molar-refractivity contribution >= 4 is 11.9 Å². The average Bonchev–Trinajstić information content (AvgIpc) is 3.06. The van der Waals surface area contributed by atoms with Crippen LogP contribution in [0.1, 0.15) is 60.3 Å². The van der Waals surface area contributed by atoms with Gasteiger partial charge in [-0.05, 0) is 57.6 Å². The first kappa shape index (κ1) is 19.7. The van der Waals surface area contributed by atoms with E-state index in [9.17, 15) is 9.59 Å². The highest BCUT2D eigenvalue weighted by Crippen LogP contribution is 2.35. The first-order valence-electron chi connectivity index (χ1n) is 10.6. The summed E-state index contributed by atoms with van der Waals surface area (Å²) in [5.41, 5.74) is 2.65. The van der Waals surface area contributed by atoms with Crippen LogP contribution in [-0.2, 0) is 9.53 Å². The van der Waals surface area contributed by atoms with Crippen molar-refractivity contribution < 1.29 is 14.3 Å². The molecule has 6 nitrogen and oxygen atoms in total. The number of ether oxygens (including phenoxy) is 1. The summed E-state index contributed by atoms with van der Waals surface area (Å²) in [5.74, 6) is 0.0687. The molecule has 1 aliphatic heterocycles. The van der Waals surface area contributed by atoms with Crippen molar-refractivity contribution in [1.29, 1.82) is 0 Å². The summed E-state index contributed by atoms with van der Waals surface area (Å²) in [6, 6.07) is 10.0. The van der Waals surface area contributed by atoms with Gasteiger partial charge < -0.3 is 9.64 Å². The molecule has 1 aromatic heterocycles. The Bertz CT molecular complexity index is 888. The molecule has 0 spiro atoms. The lowest BCUT2D eigenvalue weighted by Gasteiger charge is -2.44. The summed E-state index contributed by atoms with van der Waals surface area (Å²) >= 11 is 0. The molecule has 2 fully saturated rings. The van der Waals surface area contributed by atoms with Crippen molar-refractivity contribution in [2.24, 2.45) is 5.92 Å². The molecule has 0 radical (unpaired) electrons. The summed E-state index contributed by atoms with van der Waals surface area (Å²) < 4.78 is 7.19. The summed E-state index contributed by atoms with van der Waals surface area (Å²) in [4.78, 5) is 27.5. The van der Waals surface area contributed by atoms with Crippen LogP contribution in [0.15, 0.2) is 30.3 Å². The van der Waals surface area contributed by atoms with Crippen molar-refractivity contribution in [2.75, 3.05) is 13.2 Å². The maximum Gasteiger partial charge on any atom is 0.342 e. The molecule has 4 rings (SSSR count). The van der Waals surface area contributed by atoms with Crippen LogP contribution in [-0.4, -0.2) is 45.8 Å². The van der Waals surface area contributed by atoms with Gasteiger partial charge in [0.05, 0.1) is 17.1 Å². The molecule has 1 aromatic carbocycles. The zero-order valence-corrected chi connectivity index (χ0v) is 17.3. The summed E-state index contributed by atoms with van der Waals surface area (Å²) in [7, 11) is 0. The van der Waals surface area contributed by atoms with Crippen molar-refractivity contribution in [3.05, 3.63) is 47.3 Å². The van der Waals surface area contributed by atoms with E-state index in [1.165, 1.54) is 25.7 Å². The van der Waals surface area contributed by atoms with Gasteiger partial charge in [-0.15, -0.1) is 0 Å². The normalized spacial score (nSPS) is 21.5. The van der Waals surface area contributed by atoms with Gasteiger partial charge in [0.15, 0.2) is 6.61 Å².